The van der Waals surface area contributed by atoms with Crippen molar-refractivity contribution in [3.05, 3.63) is 0 Å². The fraction of sp³-hybridized carbons (Fsp3) is 0.900. The maximum Gasteiger partial charge on any atom is 0.319 e. The highest BCUT2D eigenvalue weighted by Gasteiger charge is 2.20. The second kappa shape index (κ2) is 5.20. The zero-order valence-corrected chi connectivity index (χ0v) is 9.32. The fourth-order valence-electron chi connectivity index (χ4n) is 1.78. The Kier molecular flexibility index (Phi) is 4.20. The normalized spacial score (nSPS) is 23.1. The van der Waals surface area contributed by atoms with Gasteiger partial charge in [0.15, 0.2) is 0 Å². The number of likely N-dealkylation sites (tertiary alicyclic amines) is 1. The molecule has 1 atom stereocenters. The second-order valence-corrected chi connectivity index (χ2v) is 3.95. The van der Waals surface area contributed by atoms with Gasteiger partial charge in [-0.25, -0.2) is 4.79 Å². The van der Waals surface area contributed by atoms with Crippen molar-refractivity contribution in [2.45, 2.75) is 25.4 Å². The van der Waals surface area contributed by atoms with Gasteiger partial charge in [0, 0.05) is 34.3 Å². The van der Waals surface area contributed by atoms with Gasteiger partial charge in [0.2, 0.25) is 0 Å². The van der Waals surface area contributed by atoms with Crippen LogP contribution < -0.4 is 0 Å². The standard InChI is InChI=1S/C10H20N2O2/c1-11(2)10(13)12-7-4-5-9(14-3)6-8-12/h9H,4-8H2,1-3H3. The summed E-state index contributed by atoms with van der Waals surface area (Å²) >= 11 is 0. The van der Waals surface area contributed by atoms with Gasteiger partial charge < -0.3 is 14.5 Å². The number of amides is 2. The molecule has 0 bridgehead atoms. The zero-order valence-electron chi connectivity index (χ0n) is 9.32. The Morgan fingerprint density at radius 2 is 2.07 bits per heavy atom. The van der Waals surface area contributed by atoms with Crippen LogP contribution >= 0.6 is 0 Å². The second-order valence-electron chi connectivity index (χ2n) is 3.95. The Bertz CT molecular complexity index is 195. The maximum absolute atomic E-state index is 11.7. The van der Waals surface area contributed by atoms with E-state index >= 15 is 0 Å². The number of carbonyl (C=O) groups excluding carboxylic acids is 1. The molecule has 2 amide bonds. The summed E-state index contributed by atoms with van der Waals surface area (Å²) in [6.45, 7) is 1.67. The van der Waals surface area contributed by atoms with Crippen LogP contribution in [0, 0.1) is 0 Å². The lowest BCUT2D eigenvalue weighted by Crippen LogP contribution is -2.39. The molecular formula is C10H20N2O2. The largest absolute Gasteiger partial charge is 0.381 e. The van der Waals surface area contributed by atoms with Crippen LogP contribution in [0.3, 0.4) is 0 Å². The molecule has 0 aliphatic carbocycles. The number of nitrogens with zero attached hydrogens (tertiary/aromatic N) is 2. The molecule has 0 spiro atoms. The van der Waals surface area contributed by atoms with Crippen molar-refractivity contribution in [1.82, 2.24) is 9.80 Å². The van der Waals surface area contributed by atoms with Gasteiger partial charge in [-0.15, -0.1) is 0 Å². The van der Waals surface area contributed by atoms with Crippen molar-refractivity contribution in [2.75, 3.05) is 34.3 Å². The summed E-state index contributed by atoms with van der Waals surface area (Å²) in [7, 11) is 5.33. The summed E-state index contributed by atoms with van der Waals surface area (Å²) in [5, 5.41) is 0. The lowest BCUT2D eigenvalue weighted by molar-refractivity contribution is 0.0900. The van der Waals surface area contributed by atoms with Crippen molar-refractivity contribution >= 4 is 6.03 Å². The van der Waals surface area contributed by atoms with E-state index in [0.717, 1.165) is 32.4 Å². The molecule has 1 rings (SSSR count). The lowest BCUT2D eigenvalue weighted by Gasteiger charge is -2.24. The van der Waals surface area contributed by atoms with Gasteiger partial charge in [0.25, 0.3) is 0 Å². The summed E-state index contributed by atoms with van der Waals surface area (Å²) < 4.78 is 5.31. The monoisotopic (exact) mass is 200 g/mol. The van der Waals surface area contributed by atoms with Crippen LogP contribution in [0.5, 0.6) is 0 Å². The van der Waals surface area contributed by atoms with Crippen molar-refractivity contribution < 1.29 is 9.53 Å². The molecule has 1 saturated heterocycles. The van der Waals surface area contributed by atoms with Crippen LogP contribution in [0.15, 0.2) is 0 Å². The molecule has 14 heavy (non-hydrogen) atoms. The molecule has 0 N–H and O–H groups in total. The van der Waals surface area contributed by atoms with Crippen molar-refractivity contribution in [1.29, 1.82) is 0 Å². The van der Waals surface area contributed by atoms with Gasteiger partial charge >= 0.3 is 6.03 Å². The Morgan fingerprint density at radius 1 is 1.36 bits per heavy atom. The molecule has 1 unspecified atom stereocenters. The van der Waals surface area contributed by atoms with E-state index in [1.54, 1.807) is 26.1 Å². The summed E-state index contributed by atoms with van der Waals surface area (Å²) in [5.41, 5.74) is 0. The summed E-state index contributed by atoms with van der Waals surface area (Å²) in [6.07, 6.45) is 3.39. The van der Waals surface area contributed by atoms with E-state index in [9.17, 15) is 4.79 Å². The average molecular weight is 200 g/mol. The lowest BCUT2D eigenvalue weighted by atomic mass is 10.2. The van der Waals surface area contributed by atoms with Gasteiger partial charge in [-0.05, 0) is 19.3 Å². The van der Waals surface area contributed by atoms with Crippen LogP contribution in [0.1, 0.15) is 19.3 Å². The van der Waals surface area contributed by atoms with E-state index in [4.69, 9.17) is 4.74 Å². The van der Waals surface area contributed by atoms with E-state index in [1.807, 2.05) is 4.90 Å². The molecule has 0 aromatic carbocycles. The summed E-state index contributed by atoms with van der Waals surface area (Å²) in [5.74, 6) is 0. The van der Waals surface area contributed by atoms with Crippen LogP contribution in [0.25, 0.3) is 0 Å². The summed E-state index contributed by atoms with van der Waals surface area (Å²) in [6, 6.07) is 0.113. The number of rotatable bonds is 1. The van der Waals surface area contributed by atoms with Crippen molar-refractivity contribution in [3.63, 3.8) is 0 Å². The molecule has 0 radical (unpaired) electrons. The Balaban J connectivity index is 2.45. The average Bonchev–Trinajstić information content (AvgIpc) is 2.41. The van der Waals surface area contributed by atoms with Gasteiger partial charge in [0.05, 0.1) is 6.10 Å². The molecule has 0 aromatic rings. The van der Waals surface area contributed by atoms with E-state index in [-0.39, 0.29) is 6.03 Å². The first-order valence-electron chi connectivity index (χ1n) is 5.14. The van der Waals surface area contributed by atoms with E-state index < -0.39 is 0 Å². The molecule has 1 aliphatic heterocycles. The van der Waals surface area contributed by atoms with Gasteiger partial charge in [-0.2, -0.15) is 0 Å². The van der Waals surface area contributed by atoms with E-state index in [0.29, 0.717) is 6.10 Å². The van der Waals surface area contributed by atoms with Crippen LogP contribution in [-0.2, 0) is 4.74 Å². The molecule has 4 heteroatoms. The number of hydrogen-bond donors (Lipinski definition) is 0. The third-order valence-electron chi connectivity index (χ3n) is 2.66. The molecule has 4 nitrogen and oxygen atoms in total. The molecule has 82 valence electrons. The molecule has 1 heterocycles. The number of ether oxygens (including phenoxy) is 1. The SMILES string of the molecule is COC1CCCN(C(=O)N(C)C)CC1. The number of methoxy groups -OCH3 is 1. The first-order valence-corrected chi connectivity index (χ1v) is 5.14. The molecule has 1 fully saturated rings. The van der Waals surface area contributed by atoms with Crippen LogP contribution in [0.4, 0.5) is 4.79 Å². The first kappa shape index (κ1) is 11.3. The van der Waals surface area contributed by atoms with Crippen LogP contribution in [-0.4, -0.2) is 56.2 Å². The molecular weight excluding hydrogens is 180 g/mol. The van der Waals surface area contributed by atoms with Crippen molar-refractivity contribution in [3.8, 4) is 0 Å². The quantitative estimate of drug-likeness (QED) is 0.636. The highest BCUT2D eigenvalue weighted by molar-refractivity contribution is 5.73. The predicted octanol–water partition coefficient (Wildman–Crippen LogP) is 1.17. The summed E-state index contributed by atoms with van der Waals surface area (Å²) in [4.78, 5) is 15.2. The predicted molar refractivity (Wildman–Crippen MR) is 55.3 cm³/mol. The Hall–Kier alpha value is -0.770. The molecule has 0 aromatic heterocycles. The number of carbonyl (C=O) groups is 1. The smallest absolute Gasteiger partial charge is 0.319 e. The van der Waals surface area contributed by atoms with Gasteiger partial charge in [0.1, 0.15) is 0 Å². The van der Waals surface area contributed by atoms with E-state index in [2.05, 4.69) is 0 Å². The first-order chi connectivity index (χ1) is 6.65. The third kappa shape index (κ3) is 2.87. The molecule has 0 saturated carbocycles. The van der Waals surface area contributed by atoms with Gasteiger partial charge in [-0.3, -0.25) is 0 Å². The number of hydrogen-bond acceptors (Lipinski definition) is 2. The van der Waals surface area contributed by atoms with Gasteiger partial charge in [-0.1, -0.05) is 0 Å². The Labute approximate surface area is 85.8 Å². The van der Waals surface area contributed by atoms with E-state index in [1.165, 1.54) is 0 Å². The minimum Gasteiger partial charge on any atom is -0.381 e. The Morgan fingerprint density at radius 3 is 2.64 bits per heavy atom. The maximum atomic E-state index is 11.7. The number of urea groups is 1. The van der Waals surface area contributed by atoms with Crippen LogP contribution in [0.2, 0.25) is 0 Å². The molecule has 1 aliphatic rings. The highest BCUT2D eigenvalue weighted by atomic mass is 16.5. The minimum atomic E-state index is 0.113. The topological polar surface area (TPSA) is 32.8 Å². The highest BCUT2D eigenvalue weighted by Crippen LogP contribution is 2.14. The van der Waals surface area contributed by atoms with Crippen molar-refractivity contribution in [2.24, 2.45) is 0 Å². The minimum absolute atomic E-state index is 0.113. The zero-order chi connectivity index (χ0) is 10.6. The fourth-order valence-corrected chi connectivity index (χ4v) is 1.78. The third-order valence-corrected chi connectivity index (χ3v) is 2.66.